The lowest BCUT2D eigenvalue weighted by Crippen LogP contribution is -2.57. The zero-order valence-electron chi connectivity index (χ0n) is 24.3. The van der Waals surface area contributed by atoms with Crippen LogP contribution in [-0.4, -0.2) is 64.8 Å². The van der Waals surface area contributed by atoms with Gasteiger partial charge in [0, 0.05) is 12.2 Å². The highest BCUT2D eigenvalue weighted by Crippen LogP contribution is 2.65. The van der Waals surface area contributed by atoms with E-state index in [0.717, 1.165) is 16.8 Å². The van der Waals surface area contributed by atoms with E-state index in [0.29, 0.717) is 24.8 Å². The maximum absolute atomic E-state index is 15.0. The van der Waals surface area contributed by atoms with Gasteiger partial charge in [0.2, 0.25) is 5.91 Å². The molecule has 5 rings (SSSR count). The first kappa shape index (κ1) is 29.0. The van der Waals surface area contributed by atoms with Gasteiger partial charge < -0.3 is 24.4 Å². The predicted octanol–water partition coefficient (Wildman–Crippen LogP) is 4.27. The van der Waals surface area contributed by atoms with E-state index < -0.39 is 47.7 Å². The van der Waals surface area contributed by atoms with Gasteiger partial charge in [0.05, 0.1) is 30.8 Å². The Labute approximate surface area is 241 Å². The lowest BCUT2D eigenvalue weighted by Gasteiger charge is -2.40. The summed E-state index contributed by atoms with van der Waals surface area (Å²) in [4.78, 5) is 46.3. The van der Waals surface area contributed by atoms with E-state index in [1.165, 1.54) is 4.90 Å². The first-order valence-electron chi connectivity index (χ1n) is 14.5. The van der Waals surface area contributed by atoms with Gasteiger partial charge >= 0.3 is 5.97 Å². The number of carbonyl (C=O) groups is 3. The maximum Gasteiger partial charge on any atom is 0.312 e. The summed E-state index contributed by atoms with van der Waals surface area (Å²) in [5.74, 6) is -2.88. The number of likely N-dealkylation sites (tertiary alicyclic amines) is 1. The SMILES string of the molecule is C=CCN(C(=O)C1N([C@H](CO)c2ccccc2)C(=O)[C@@H]2[C@@H](C(=O)OCC)[C@@]3(CC)CCC12O3)c1c(C)cccc1C. The standard InChI is InChI=1S/C33H40N2O6/c1-6-19-34(27-21(4)13-12-14-22(27)5)30(38)28-33-18-17-32(7-2,41-33)26(31(39)40-8-3)25(33)29(37)35(28)24(20-36)23-15-10-9-11-16-23/h6,9-16,24-26,28,36H,1,7-8,17-20H2,2-5H3/t24-,25+,26+,28?,32-,33?/m1/s1. The lowest BCUT2D eigenvalue weighted by molar-refractivity contribution is -0.161. The fourth-order valence-electron chi connectivity index (χ4n) is 7.69. The topological polar surface area (TPSA) is 96.4 Å². The fraction of sp³-hybridized carbons (Fsp3) is 0.485. The van der Waals surface area contributed by atoms with E-state index in [4.69, 9.17) is 9.47 Å². The molecule has 3 saturated heterocycles. The Bertz CT molecular complexity index is 1320. The van der Waals surface area contributed by atoms with Gasteiger partial charge in [-0.3, -0.25) is 14.4 Å². The van der Waals surface area contributed by atoms with E-state index in [-0.39, 0.29) is 25.0 Å². The van der Waals surface area contributed by atoms with E-state index in [1.54, 1.807) is 17.9 Å². The van der Waals surface area contributed by atoms with Crippen LogP contribution in [0.1, 0.15) is 55.8 Å². The number of fused-ring (bicyclic) bond motifs is 1. The molecule has 3 heterocycles. The number of aliphatic hydroxyl groups excluding tert-OH is 1. The maximum atomic E-state index is 15.0. The molecule has 1 spiro atoms. The summed E-state index contributed by atoms with van der Waals surface area (Å²) in [5.41, 5.74) is 1.16. The van der Waals surface area contributed by atoms with Crippen LogP contribution in [0.25, 0.3) is 0 Å². The number of nitrogens with zero attached hydrogens (tertiary/aromatic N) is 2. The molecule has 41 heavy (non-hydrogen) atoms. The lowest BCUT2D eigenvalue weighted by atomic mass is 9.65. The van der Waals surface area contributed by atoms with Crippen LogP contribution >= 0.6 is 0 Å². The number of ether oxygens (including phenoxy) is 2. The summed E-state index contributed by atoms with van der Waals surface area (Å²) in [6.07, 6.45) is 3.16. The van der Waals surface area contributed by atoms with Crippen LogP contribution in [-0.2, 0) is 23.9 Å². The number of aryl methyl sites for hydroxylation is 2. The summed E-state index contributed by atoms with van der Waals surface area (Å²) < 4.78 is 12.4. The second-order valence-electron chi connectivity index (χ2n) is 11.4. The molecule has 0 aliphatic carbocycles. The summed E-state index contributed by atoms with van der Waals surface area (Å²) in [6, 6.07) is 13.2. The van der Waals surface area contributed by atoms with Gasteiger partial charge in [-0.2, -0.15) is 0 Å². The number of carbonyl (C=O) groups excluding carboxylic acids is 3. The molecule has 8 nitrogen and oxygen atoms in total. The van der Waals surface area contributed by atoms with Crippen molar-refractivity contribution in [1.29, 1.82) is 0 Å². The number of aliphatic hydroxyl groups is 1. The number of benzene rings is 2. The summed E-state index contributed by atoms with van der Waals surface area (Å²) >= 11 is 0. The van der Waals surface area contributed by atoms with Gasteiger partial charge in [-0.05, 0) is 56.7 Å². The molecular formula is C33H40N2O6. The zero-order chi connectivity index (χ0) is 29.5. The van der Waals surface area contributed by atoms with Crippen molar-refractivity contribution in [1.82, 2.24) is 4.90 Å². The average Bonchev–Trinajstić information content (AvgIpc) is 3.57. The van der Waals surface area contributed by atoms with Gasteiger partial charge in [-0.25, -0.2) is 0 Å². The van der Waals surface area contributed by atoms with Crippen molar-refractivity contribution in [3.63, 3.8) is 0 Å². The molecule has 2 aromatic rings. The minimum Gasteiger partial charge on any atom is -0.466 e. The molecule has 2 unspecified atom stereocenters. The number of esters is 1. The number of anilines is 1. The molecule has 2 bridgehead atoms. The Balaban J connectivity index is 1.71. The molecule has 0 radical (unpaired) electrons. The summed E-state index contributed by atoms with van der Waals surface area (Å²) in [7, 11) is 0. The molecule has 0 aromatic heterocycles. The van der Waals surface area contributed by atoms with Crippen molar-refractivity contribution >= 4 is 23.5 Å². The van der Waals surface area contributed by atoms with Crippen LogP contribution in [0.3, 0.4) is 0 Å². The molecule has 1 N–H and O–H groups in total. The van der Waals surface area contributed by atoms with Crippen LogP contribution in [0.5, 0.6) is 0 Å². The molecule has 2 amide bonds. The molecular weight excluding hydrogens is 520 g/mol. The number of hydrogen-bond acceptors (Lipinski definition) is 6. The van der Waals surface area contributed by atoms with Gasteiger partial charge in [0.1, 0.15) is 17.6 Å². The molecule has 2 aromatic carbocycles. The Hall–Kier alpha value is -3.49. The normalized spacial score (nSPS) is 28.9. The highest BCUT2D eigenvalue weighted by atomic mass is 16.6. The van der Waals surface area contributed by atoms with Crippen molar-refractivity contribution in [3.05, 3.63) is 77.9 Å². The molecule has 3 aliphatic rings. The monoisotopic (exact) mass is 560 g/mol. The highest BCUT2D eigenvalue weighted by molar-refractivity contribution is 6.05. The van der Waals surface area contributed by atoms with Crippen LogP contribution in [0.15, 0.2) is 61.2 Å². The van der Waals surface area contributed by atoms with E-state index >= 15 is 0 Å². The molecule has 3 aliphatic heterocycles. The van der Waals surface area contributed by atoms with Gasteiger partial charge in [0.25, 0.3) is 5.91 Å². The van der Waals surface area contributed by atoms with Gasteiger partial charge in [-0.1, -0.05) is 61.5 Å². The molecule has 6 atom stereocenters. The van der Waals surface area contributed by atoms with Crippen LogP contribution in [0.4, 0.5) is 5.69 Å². The molecule has 8 heteroatoms. The first-order chi connectivity index (χ1) is 19.7. The average molecular weight is 561 g/mol. The predicted molar refractivity (Wildman–Crippen MR) is 155 cm³/mol. The number of para-hydroxylation sites is 1. The second-order valence-corrected chi connectivity index (χ2v) is 11.4. The quantitative estimate of drug-likeness (QED) is 0.344. The van der Waals surface area contributed by atoms with Crippen LogP contribution in [0.2, 0.25) is 0 Å². The fourth-order valence-corrected chi connectivity index (χ4v) is 7.69. The molecule has 0 saturated carbocycles. The van der Waals surface area contributed by atoms with Gasteiger partial charge in [-0.15, -0.1) is 6.58 Å². The van der Waals surface area contributed by atoms with Crippen molar-refractivity contribution in [2.45, 2.75) is 70.2 Å². The minimum absolute atomic E-state index is 0.179. The van der Waals surface area contributed by atoms with Crippen LogP contribution < -0.4 is 4.90 Å². The molecule has 3 fully saturated rings. The van der Waals surface area contributed by atoms with E-state index in [1.807, 2.05) is 69.3 Å². The highest BCUT2D eigenvalue weighted by Gasteiger charge is 2.79. The van der Waals surface area contributed by atoms with Crippen molar-refractivity contribution < 1.29 is 29.0 Å². The molecule has 218 valence electrons. The van der Waals surface area contributed by atoms with Crippen LogP contribution in [0, 0.1) is 25.7 Å². The Kier molecular flexibility index (Phi) is 7.83. The second kappa shape index (κ2) is 11.1. The third kappa shape index (κ3) is 4.30. The number of hydrogen-bond donors (Lipinski definition) is 1. The number of rotatable bonds is 10. The Morgan fingerprint density at radius 3 is 2.41 bits per heavy atom. The third-order valence-corrected chi connectivity index (χ3v) is 9.37. The zero-order valence-corrected chi connectivity index (χ0v) is 24.3. The summed E-state index contributed by atoms with van der Waals surface area (Å²) in [5, 5.41) is 10.7. The van der Waals surface area contributed by atoms with Crippen molar-refractivity contribution in [2.75, 3.05) is 24.7 Å². The smallest absolute Gasteiger partial charge is 0.312 e. The van der Waals surface area contributed by atoms with Crippen molar-refractivity contribution in [3.8, 4) is 0 Å². The summed E-state index contributed by atoms with van der Waals surface area (Å²) in [6.45, 7) is 11.5. The minimum atomic E-state index is -1.24. The third-order valence-electron chi connectivity index (χ3n) is 9.37. The Morgan fingerprint density at radius 2 is 1.83 bits per heavy atom. The van der Waals surface area contributed by atoms with E-state index in [9.17, 15) is 19.5 Å². The van der Waals surface area contributed by atoms with Crippen molar-refractivity contribution in [2.24, 2.45) is 11.8 Å². The Morgan fingerprint density at radius 1 is 1.15 bits per heavy atom. The van der Waals surface area contributed by atoms with E-state index in [2.05, 4.69) is 6.58 Å². The largest absolute Gasteiger partial charge is 0.466 e. The number of amides is 2. The first-order valence-corrected chi connectivity index (χ1v) is 14.5. The van der Waals surface area contributed by atoms with Gasteiger partial charge in [0.15, 0.2) is 0 Å².